The fourth-order valence-corrected chi connectivity index (χ4v) is 3.98. The maximum absolute atomic E-state index is 13.5. The summed E-state index contributed by atoms with van der Waals surface area (Å²) < 4.78 is 79.0. The van der Waals surface area contributed by atoms with Gasteiger partial charge in [0, 0.05) is 12.6 Å². The molecule has 0 aliphatic rings. The first kappa shape index (κ1) is 20.0. The highest BCUT2D eigenvalue weighted by atomic mass is 32.2. The van der Waals surface area contributed by atoms with Gasteiger partial charge in [-0.1, -0.05) is 19.9 Å². The summed E-state index contributed by atoms with van der Waals surface area (Å²) in [7, 11) is -4.41. The highest BCUT2D eigenvalue weighted by Gasteiger charge is 2.36. The van der Waals surface area contributed by atoms with E-state index in [1.54, 1.807) is 13.8 Å². The molecule has 1 N–H and O–H groups in total. The van der Waals surface area contributed by atoms with Crippen LogP contribution in [0, 0.1) is 11.7 Å². The summed E-state index contributed by atoms with van der Waals surface area (Å²) in [6.07, 6.45) is -5.02. The van der Waals surface area contributed by atoms with Crippen molar-refractivity contribution in [3.8, 4) is 5.75 Å². The fourth-order valence-electron chi connectivity index (χ4n) is 2.33. The van der Waals surface area contributed by atoms with E-state index in [-0.39, 0.29) is 30.0 Å². The lowest BCUT2D eigenvalue weighted by atomic mass is 10.2. The highest BCUT2D eigenvalue weighted by molar-refractivity contribution is 7.92. The maximum Gasteiger partial charge on any atom is 0.419 e. The minimum atomic E-state index is -5.02. The van der Waals surface area contributed by atoms with E-state index in [4.69, 9.17) is 0 Å². The second-order valence-electron chi connectivity index (χ2n) is 6.09. The number of sulfonamides is 1. The Morgan fingerprint density at radius 1 is 1.12 bits per heavy atom. The van der Waals surface area contributed by atoms with Gasteiger partial charge in [-0.3, -0.25) is 4.31 Å². The summed E-state index contributed by atoms with van der Waals surface area (Å²) in [5.41, 5.74) is -1.56. The summed E-state index contributed by atoms with van der Waals surface area (Å²) in [4.78, 5) is -0.685. The van der Waals surface area contributed by atoms with Crippen LogP contribution < -0.4 is 4.31 Å². The monoisotopic (exact) mass is 391 g/mol. The third-order valence-electron chi connectivity index (χ3n) is 3.48. The second kappa shape index (κ2) is 7.14. The standard InChI is InChI=1S/C17H17F4NO3S/c1-11(2)10-22(12-4-3-5-13(23)8-12)26(24,25)14-6-7-16(18)15(9-14)17(19,20)21/h3-9,11,23H,10H2,1-2H3. The number of alkyl halides is 3. The van der Waals surface area contributed by atoms with Crippen molar-refractivity contribution >= 4 is 15.7 Å². The molecule has 0 amide bonds. The third-order valence-corrected chi connectivity index (χ3v) is 5.27. The summed E-state index contributed by atoms with van der Waals surface area (Å²) in [5, 5.41) is 9.60. The number of phenols is 1. The molecule has 0 aliphatic carbocycles. The Hall–Kier alpha value is -2.29. The first-order chi connectivity index (χ1) is 11.9. The van der Waals surface area contributed by atoms with Gasteiger partial charge < -0.3 is 5.11 Å². The smallest absolute Gasteiger partial charge is 0.419 e. The Morgan fingerprint density at radius 2 is 1.77 bits per heavy atom. The molecular formula is C17H17F4NO3S. The summed E-state index contributed by atoms with van der Waals surface area (Å²) in [6.45, 7) is 3.43. The van der Waals surface area contributed by atoms with Gasteiger partial charge >= 0.3 is 6.18 Å². The Kier molecular flexibility index (Phi) is 5.50. The number of benzene rings is 2. The molecule has 142 valence electrons. The predicted octanol–water partition coefficient (Wildman–Crippen LogP) is 4.40. The molecule has 0 aliphatic heterocycles. The van der Waals surface area contributed by atoms with E-state index in [0.29, 0.717) is 6.07 Å². The van der Waals surface area contributed by atoms with E-state index in [1.165, 1.54) is 24.3 Å². The molecule has 2 aromatic rings. The van der Waals surface area contributed by atoms with Gasteiger partial charge in [0.05, 0.1) is 16.1 Å². The van der Waals surface area contributed by atoms with Crippen LogP contribution in [0.5, 0.6) is 5.75 Å². The van der Waals surface area contributed by atoms with Gasteiger partial charge in [-0.2, -0.15) is 13.2 Å². The number of halogens is 4. The first-order valence-electron chi connectivity index (χ1n) is 7.61. The predicted molar refractivity (Wildman–Crippen MR) is 88.9 cm³/mol. The van der Waals surface area contributed by atoms with Crippen LogP contribution in [0.4, 0.5) is 23.2 Å². The molecular weight excluding hydrogens is 374 g/mol. The number of hydrogen-bond acceptors (Lipinski definition) is 3. The molecule has 26 heavy (non-hydrogen) atoms. The molecule has 0 radical (unpaired) electrons. The molecule has 0 unspecified atom stereocenters. The molecule has 2 rings (SSSR count). The maximum atomic E-state index is 13.5. The van der Waals surface area contributed by atoms with Crippen LogP contribution in [0.15, 0.2) is 47.4 Å². The minimum Gasteiger partial charge on any atom is -0.508 e. The molecule has 2 aromatic carbocycles. The average molecular weight is 391 g/mol. The second-order valence-corrected chi connectivity index (χ2v) is 7.95. The van der Waals surface area contributed by atoms with E-state index < -0.39 is 32.5 Å². The Balaban J connectivity index is 2.61. The quantitative estimate of drug-likeness (QED) is 0.769. The Morgan fingerprint density at radius 3 is 2.31 bits per heavy atom. The van der Waals surface area contributed by atoms with Gasteiger partial charge in [-0.25, -0.2) is 12.8 Å². The molecule has 0 aromatic heterocycles. The zero-order chi connectivity index (χ0) is 19.7. The molecule has 0 bridgehead atoms. The van der Waals surface area contributed by atoms with Gasteiger partial charge in [0.15, 0.2) is 0 Å². The van der Waals surface area contributed by atoms with E-state index in [9.17, 15) is 31.1 Å². The molecule has 9 heteroatoms. The first-order valence-corrected chi connectivity index (χ1v) is 9.05. The van der Waals surface area contributed by atoms with Gasteiger partial charge in [0.25, 0.3) is 10.0 Å². The molecule has 0 atom stereocenters. The van der Waals surface area contributed by atoms with Crippen molar-refractivity contribution in [3.05, 3.63) is 53.8 Å². The van der Waals surface area contributed by atoms with Crippen molar-refractivity contribution < 1.29 is 31.1 Å². The van der Waals surface area contributed by atoms with Gasteiger partial charge in [0.2, 0.25) is 0 Å². The van der Waals surface area contributed by atoms with Gasteiger partial charge in [-0.15, -0.1) is 0 Å². The molecule has 4 nitrogen and oxygen atoms in total. The highest BCUT2D eigenvalue weighted by Crippen LogP contribution is 2.34. The number of nitrogens with zero attached hydrogens (tertiary/aromatic N) is 1. The number of anilines is 1. The van der Waals surface area contributed by atoms with E-state index >= 15 is 0 Å². The zero-order valence-electron chi connectivity index (χ0n) is 14.0. The Bertz CT molecular complexity index is 895. The van der Waals surface area contributed by atoms with E-state index in [0.717, 1.165) is 10.4 Å². The van der Waals surface area contributed by atoms with E-state index in [1.807, 2.05) is 0 Å². The van der Waals surface area contributed by atoms with Crippen LogP contribution in [0.3, 0.4) is 0 Å². The normalized spacial score (nSPS) is 12.4. The Labute approximate surface area is 148 Å². The lowest BCUT2D eigenvalue weighted by Crippen LogP contribution is -2.34. The van der Waals surface area contributed by atoms with Crippen molar-refractivity contribution in [2.24, 2.45) is 5.92 Å². The summed E-state index contributed by atoms with van der Waals surface area (Å²) in [5.74, 6) is -1.90. The molecule has 0 saturated carbocycles. The molecule has 0 heterocycles. The van der Waals surface area contributed by atoms with Crippen LogP contribution >= 0.6 is 0 Å². The topological polar surface area (TPSA) is 57.6 Å². The third kappa shape index (κ3) is 4.27. The van der Waals surface area contributed by atoms with Crippen LogP contribution in [-0.4, -0.2) is 20.1 Å². The number of phenolic OH excluding ortho intramolecular Hbond substituents is 1. The van der Waals surface area contributed by atoms with Crippen LogP contribution in [0.2, 0.25) is 0 Å². The lowest BCUT2D eigenvalue weighted by molar-refractivity contribution is -0.140. The fraction of sp³-hybridized carbons (Fsp3) is 0.294. The molecule has 0 saturated heterocycles. The van der Waals surface area contributed by atoms with Crippen molar-refractivity contribution in [2.75, 3.05) is 10.8 Å². The average Bonchev–Trinajstić information content (AvgIpc) is 2.51. The number of hydrogen-bond donors (Lipinski definition) is 1. The van der Waals surface area contributed by atoms with Gasteiger partial charge in [-0.05, 0) is 36.2 Å². The van der Waals surface area contributed by atoms with Gasteiger partial charge in [0.1, 0.15) is 11.6 Å². The van der Waals surface area contributed by atoms with Crippen LogP contribution in [0.1, 0.15) is 19.4 Å². The lowest BCUT2D eigenvalue weighted by Gasteiger charge is -2.26. The molecule has 0 fully saturated rings. The number of rotatable bonds is 5. The largest absolute Gasteiger partial charge is 0.508 e. The van der Waals surface area contributed by atoms with Crippen molar-refractivity contribution in [3.63, 3.8) is 0 Å². The number of aromatic hydroxyl groups is 1. The van der Waals surface area contributed by atoms with E-state index in [2.05, 4.69) is 0 Å². The van der Waals surface area contributed by atoms with Crippen molar-refractivity contribution in [1.82, 2.24) is 0 Å². The SMILES string of the molecule is CC(C)CN(c1cccc(O)c1)S(=O)(=O)c1ccc(F)c(C(F)(F)F)c1. The summed E-state index contributed by atoms with van der Waals surface area (Å²) in [6, 6.07) is 6.90. The van der Waals surface area contributed by atoms with Crippen molar-refractivity contribution in [1.29, 1.82) is 0 Å². The molecule has 0 spiro atoms. The zero-order valence-corrected chi connectivity index (χ0v) is 14.8. The van der Waals surface area contributed by atoms with Crippen LogP contribution in [-0.2, 0) is 16.2 Å². The van der Waals surface area contributed by atoms with Crippen LogP contribution in [0.25, 0.3) is 0 Å². The summed E-state index contributed by atoms with van der Waals surface area (Å²) >= 11 is 0. The minimum absolute atomic E-state index is 0.0372. The van der Waals surface area contributed by atoms with Crippen molar-refractivity contribution in [2.45, 2.75) is 24.9 Å².